The Morgan fingerprint density at radius 1 is 0.424 bits per heavy atom. The molecule has 3 aromatic heterocycles. The maximum absolute atomic E-state index is 6.61. The summed E-state index contributed by atoms with van der Waals surface area (Å²) in [7, 11) is 0. The monoisotopic (exact) mass is 772 g/mol. The zero-order chi connectivity index (χ0) is 39.2. The van der Waals surface area contributed by atoms with Crippen LogP contribution in [0.1, 0.15) is 25.0 Å². The fourth-order valence-electron chi connectivity index (χ4n) is 9.40. The molecule has 278 valence electrons. The highest BCUT2D eigenvalue weighted by Crippen LogP contribution is 2.52. The Labute approximate surface area is 345 Å². The number of fused-ring (bicyclic) bond motifs is 9. The van der Waals surface area contributed by atoms with E-state index in [0.717, 1.165) is 72.3 Å². The van der Waals surface area contributed by atoms with Crippen molar-refractivity contribution in [1.29, 1.82) is 0 Å². The molecule has 8 aromatic carbocycles. The quantitative estimate of drug-likeness (QED) is 0.175. The van der Waals surface area contributed by atoms with Crippen LogP contribution in [0.2, 0.25) is 0 Å². The SMILES string of the molecule is CC1(C)c2ccccc2-c2c(-c3cc(-c4cc(-c5ccccc5)cc(-c5cccc6c5oc5ccccc56)c4)nc(-c4ccc5sc6ccccc6c5c4)n3)cccc21. The normalized spacial score (nSPS) is 13.1. The van der Waals surface area contributed by atoms with Gasteiger partial charge in [-0.05, 0) is 93.5 Å². The molecule has 0 N–H and O–H groups in total. The lowest BCUT2D eigenvalue weighted by Gasteiger charge is -2.21. The van der Waals surface area contributed by atoms with Crippen molar-refractivity contribution in [2.75, 3.05) is 0 Å². The van der Waals surface area contributed by atoms with E-state index in [4.69, 9.17) is 14.4 Å². The van der Waals surface area contributed by atoms with Gasteiger partial charge in [0.2, 0.25) is 0 Å². The van der Waals surface area contributed by atoms with Crippen LogP contribution >= 0.6 is 11.3 Å². The lowest BCUT2D eigenvalue weighted by atomic mass is 9.82. The van der Waals surface area contributed by atoms with Crippen molar-refractivity contribution in [3.63, 3.8) is 0 Å². The first-order chi connectivity index (χ1) is 29.0. The predicted octanol–water partition coefficient (Wildman–Crippen LogP) is 15.4. The van der Waals surface area contributed by atoms with Crippen molar-refractivity contribution in [2.45, 2.75) is 19.3 Å². The topological polar surface area (TPSA) is 38.9 Å². The number of thiophene rings is 1. The van der Waals surface area contributed by atoms with Gasteiger partial charge in [0.05, 0.1) is 11.4 Å². The van der Waals surface area contributed by atoms with E-state index < -0.39 is 0 Å². The van der Waals surface area contributed by atoms with E-state index in [9.17, 15) is 0 Å². The predicted molar refractivity (Wildman–Crippen MR) is 247 cm³/mol. The molecule has 3 heterocycles. The summed E-state index contributed by atoms with van der Waals surface area (Å²) < 4.78 is 9.14. The molecular formula is C55H36N2OS. The molecule has 0 aliphatic heterocycles. The summed E-state index contributed by atoms with van der Waals surface area (Å²) in [6, 6.07) is 65.3. The molecule has 0 spiro atoms. The van der Waals surface area contributed by atoms with E-state index in [0.29, 0.717) is 5.82 Å². The van der Waals surface area contributed by atoms with Gasteiger partial charge in [0.1, 0.15) is 11.2 Å². The molecule has 0 atom stereocenters. The van der Waals surface area contributed by atoms with Gasteiger partial charge in [-0.2, -0.15) is 0 Å². The Hall–Kier alpha value is -7.14. The highest BCUT2D eigenvalue weighted by atomic mass is 32.1. The summed E-state index contributed by atoms with van der Waals surface area (Å²) in [6.45, 7) is 4.66. The van der Waals surface area contributed by atoms with Crippen molar-refractivity contribution >= 4 is 53.4 Å². The molecule has 1 aliphatic rings. The Balaban J connectivity index is 1.13. The lowest BCUT2D eigenvalue weighted by Crippen LogP contribution is -2.14. The molecule has 59 heavy (non-hydrogen) atoms. The largest absolute Gasteiger partial charge is 0.455 e. The van der Waals surface area contributed by atoms with Crippen LogP contribution in [0.25, 0.3) is 109 Å². The third-order valence-corrected chi connectivity index (χ3v) is 13.4. The summed E-state index contributed by atoms with van der Waals surface area (Å²) >= 11 is 1.82. The first-order valence-corrected chi connectivity index (χ1v) is 21.0. The van der Waals surface area contributed by atoms with Crippen molar-refractivity contribution in [3.05, 3.63) is 193 Å². The van der Waals surface area contributed by atoms with Crippen LogP contribution in [-0.4, -0.2) is 9.97 Å². The summed E-state index contributed by atoms with van der Waals surface area (Å²) in [4.78, 5) is 10.9. The minimum atomic E-state index is -0.137. The third kappa shape index (κ3) is 5.34. The minimum Gasteiger partial charge on any atom is -0.455 e. The smallest absolute Gasteiger partial charge is 0.160 e. The van der Waals surface area contributed by atoms with Crippen LogP contribution in [0, 0.1) is 0 Å². The number of furan rings is 1. The summed E-state index contributed by atoms with van der Waals surface area (Å²) in [5, 5.41) is 4.70. The number of benzene rings is 8. The maximum Gasteiger partial charge on any atom is 0.160 e. The molecule has 0 amide bonds. The molecule has 0 fully saturated rings. The highest BCUT2D eigenvalue weighted by Gasteiger charge is 2.37. The molecule has 0 saturated carbocycles. The van der Waals surface area contributed by atoms with Gasteiger partial charge in [0.25, 0.3) is 0 Å². The van der Waals surface area contributed by atoms with Crippen molar-refractivity contribution in [1.82, 2.24) is 9.97 Å². The number of nitrogens with zero attached hydrogens (tertiary/aromatic N) is 2. The summed E-state index contributed by atoms with van der Waals surface area (Å²) in [5.41, 5.74) is 16.0. The molecule has 0 saturated heterocycles. The average molecular weight is 773 g/mol. The Kier molecular flexibility index (Phi) is 7.44. The molecule has 12 rings (SSSR count). The molecule has 0 bridgehead atoms. The van der Waals surface area contributed by atoms with Gasteiger partial charge in [-0.3, -0.25) is 0 Å². The molecule has 3 nitrogen and oxygen atoms in total. The first kappa shape index (κ1) is 33.9. The molecule has 0 unspecified atom stereocenters. The van der Waals surface area contributed by atoms with Crippen molar-refractivity contribution in [3.8, 4) is 67.3 Å². The zero-order valence-electron chi connectivity index (χ0n) is 32.5. The second kappa shape index (κ2) is 12.9. The van der Waals surface area contributed by atoms with Gasteiger partial charge >= 0.3 is 0 Å². The van der Waals surface area contributed by atoms with Crippen molar-refractivity contribution in [2.24, 2.45) is 0 Å². The molecular weight excluding hydrogens is 737 g/mol. The van der Waals surface area contributed by atoms with Crippen LogP contribution < -0.4 is 0 Å². The van der Waals surface area contributed by atoms with Gasteiger partial charge in [0.15, 0.2) is 5.82 Å². The van der Waals surface area contributed by atoms with E-state index in [2.05, 4.69) is 184 Å². The molecule has 0 radical (unpaired) electrons. The number of para-hydroxylation sites is 2. The van der Waals surface area contributed by atoms with E-state index in [1.807, 2.05) is 23.5 Å². The van der Waals surface area contributed by atoms with E-state index in [-0.39, 0.29) is 5.41 Å². The Bertz CT molecular complexity index is 3480. The van der Waals surface area contributed by atoms with Gasteiger partial charge in [-0.25, -0.2) is 9.97 Å². The summed E-state index contributed by atoms with van der Waals surface area (Å²) in [6.07, 6.45) is 0. The Morgan fingerprint density at radius 3 is 2.00 bits per heavy atom. The van der Waals surface area contributed by atoms with E-state index in [1.54, 1.807) is 0 Å². The van der Waals surface area contributed by atoms with Gasteiger partial charge in [0, 0.05) is 58.6 Å². The van der Waals surface area contributed by atoms with Gasteiger partial charge in [-0.1, -0.05) is 141 Å². The van der Waals surface area contributed by atoms with Gasteiger partial charge in [-0.15, -0.1) is 11.3 Å². The maximum atomic E-state index is 6.61. The molecule has 1 aliphatic carbocycles. The molecule has 11 aromatic rings. The van der Waals surface area contributed by atoms with Crippen molar-refractivity contribution < 1.29 is 4.42 Å². The first-order valence-electron chi connectivity index (χ1n) is 20.1. The van der Waals surface area contributed by atoms with Gasteiger partial charge < -0.3 is 4.42 Å². The average Bonchev–Trinajstić information content (AvgIpc) is 3.94. The van der Waals surface area contributed by atoms with Crippen LogP contribution in [0.3, 0.4) is 0 Å². The highest BCUT2D eigenvalue weighted by molar-refractivity contribution is 7.25. The zero-order valence-corrected chi connectivity index (χ0v) is 33.3. The molecule has 4 heteroatoms. The number of hydrogen-bond donors (Lipinski definition) is 0. The second-order valence-corrected chi connectivity index (χ2v) is 17.2. The Morgan fingerprint density at radius 2 is 1.08 bits per heavy atom. The fraction of sp³-hybridized carbons (Fsp3) is 0.0545. The standard InChI is InChI=1S/C55H36N2OS/c1-55(2)45-22-9-6-18-42(45)52-43(21-13-23-46(52)55)48-32-47(56-54(57-48)34-26-27-51-44(31-34)40-17-8-11-25-50(40)59-51)37-29-35(33-14-4-3-5-15-33)28-36(30-37)38-19-12-20-41-39-16-7-10-24-49(39)58-53(38)41/h3-32H,1-2H3. The number of hydrogen-bond acceptors (Lipinski definition) is 4. The lowest BCUT2D eigenvalue weighted by molar-refractivity contribution is 0.660. The van der Waals surface area contributed by atoms with E-state index in [1.165, 1.54) is 42.4 Å². The minimum absolute atomic E-state index is 0.137. The number of rotatable bonds is 5. The van der Waals surface area contributed by atoms with Crippen LogP contribution in [0.5, 0.6) is 0 Å². The summed E-state index contributed by atoms with van der Waals surface area (Å²) in [5.74, 6) is 0.698. The second-order valence-electron chi connectivity index (χ2n) is 16.1. The van der Waals surface area contributed by atoms with Crippen LogP contribution in [0.4, 0.5) is 0 Å². The van der Waals surface area contributed by atoms with E-state index >= 15 is 0 Å². The third-order valence-electron chi connectivity index (χ3n) is 12.3. The van der Waals surface area contributed by atoms with Crippen LogP contribution in [-0.2, 0) is 5.41 Å². The fourth-order valence-corrected chi connectivity index (χ4v) is 10.5. The number of aromatic nitrogens is 2. The van der Waals surface area contributed by atoms with Crippen LogP contribution in [0.15, 0.2) is 186 Å².